The monoisotopic (exact) mass is 325 g/mol. The van der Waals surface area contributed by atoms with Crippen LogP contribution in [0.1, 0.15) is 59.3 Å². The molecule has 0 saturated heterocycles. The lowest BCUT2D eigenvalue weighted by molar-refractivity contribution is -0.129. The van der Waals surface area contributed by atoms with Crippen molar-refractivity contribution >= 4 is 17.7 Å². The molecule has 1 aliphatic carbocycles. The third-order valence-corrected chi connectivity index (χ3v) is 4.22. The quantitative estimate of drug-likeness (QED) is 0.589. The number of amides is 3. The first-order valence-corrected chi connectivity index (χ1v) is 8.75. The summed E-state index contributed by atoms with van der Waals surface area (Å²) in [5.41, 5.74) is 0. The lowest BCUT2D eigenvalue weighted by atomic mass is 9.87. The zero-order chi connectivity index (χ0) is 17.2. The van der Waals surface area contributed by atoms with Gasteiger partial charge in [-0.1, -0.05) is 33.1 Å². The summed E-state index contributed by atoms with van der Waals surface area (Å²) in [5.74, 6) is 0.0930. The average Bonchev–Trinajstić information content (AvgIpc) is 2.51. The van der Waals surface area contributed by atoms with Crippen molar-refractivity contribution in [1.29, 1.82) is 0 Å². The van der Waals surface area contributed by atoms with E-state index in [4.69, 9.17) is 0 Å². The molecule has 0 radical (unpaired) electrons. The van der Waals surface area contributed by atoms with E-state index < -0.39 is 6.04 Å². The average molecular weight is 325 g/mol. The normalized spacial score (nSPS) is 16.7. The predicted octanol–water partition coefficient (Wildman–Crippen LogP) is 1.35. The molecule has 1 atom stereocenters. The van der Waals surface area contributed by atoms with E-state index >= 15 is 0 Å². The minimum atomic E-state index is -0.549. The summed E-state index contributed by atoms with van der Waals surface area (Å²) in [7, 11) is 0. The highest BCUT2D eigenvalue weighted by molar-refractivity contribution is 5.87. The van der Waals surface area contributed by atoms with Crippen molar-refractivity contribution in [2.45, 2.75) is 65.3 Å². The van der Waals surface area contributed by atoms with E-state index in [0.717, 1.165) is 12.8 Å². The molecule has 23 heavy (non-hydrogen) atoms. The molecule has 3 amide bonds. The van der Waals surface area contributed by atoms with Gasteiger partial charge in [-0.25, -0.2) is 0 Å². The number of nitrogens with one attached hydrogen (secondary N) is 3. The van der Waals surface area contributed by atoms with Crippen LogP contribution >= 0.6 is 0 Å². The fourth-order valence-corrected chi connectivity index (χ4v) is 2.75. The van der Waals surface area contributed by atoms with Crippen LogP contribution in [-0.4, -0.2) is 36.9 Å². The summed E-state index contributed by atoms with van der Waals surface area (Å²) in [6, 6.07) is -0.549. The Bertz CT molecular complexity index is 404. The molecule has 6 nitrogen and oxygen atoms in total. The van der Waals surface area contributed by atoms with E-state index in [-0.39, 0.29) is 23.6 Å². The Balaban J connectivity index is 2.17. The van der Waals surface area contributed by atoms with Gasteiger partial charge in [-0.15, -0.1) is 0 Å². The summed E-state index contributed by atoms with van der Waals surface area (Å²) in [4.78, 5) is 35.3. The standard InChI is InChI=1S/C17H31N3O3/c1-12(2)16(22)18-9-10-19-17(23)13(3)20-15(21)11-14-7-5-4-6-8-14/h12-14H,4-11H2,1-3H3,(H,18,22)(H,19,23)(H,20,21)/t13-/m0/s1. The minimum absolute atomic E-state index is 0.0342. The molecule has 0 aromatic heterocycles. The van der Waals surface area contributed by atoms with Crippen LogP contribution in [0.4, 0.5) is 0 Å². The molecule has 0 unspecified atom stereocenters. The number of hydrogen-bond donors (Lipinski definition) is 3. The van der Waals surface area contributed by atoms with Crippen LogP contribution in [0.15, 0.2) is 0 Å². The lowest BCUT2D eigenvalue weighted by Crippen LogP contribution is -2.47. The van der Waals surface area contributed by atoms with Gasteiger partial charge in [0, 0.05) is 25.4 Å². The highest BCUT2D eigenvalue weighted by Gasteiger charge is 2.20. The minimum Gasteiger partial charge on any atom is -0.354 e. The molecule has 1 fully saturated rings. The molecule has 0 heterocycles. The zero-order valence-electron chi connectivity index (χ0n) is 14.6. The molecule has 0 aliphatic heterocycles. The van der Waals surface area contributed by atoms with Gasteiger partial charge in [-0.2, -0.15) is 0 Å². The van der Waals surface area contributed by atoms with Crippen molar-refractivity contribution in [2.24, 2.45) is 11.8 Å². The molecule has 132 valence electrons. The van der Waals surface area contributed by atoms with Gasteiger partial charge in [0.05, 0.1) is 0 Å². The van der Waals surface area contributed by atoms with Crippen molar-refractivity contribution in [3.8, 4) is 0 Å². The summed E-state index contributed by atoms with van der Waals surface area (Å²) in [6.45, 7) is 6.07. The second-order valence-corrected chi connectivity index (χ2v) is 6.73. The zero-order valence-corrected chi connectivity index (χ0v) is 14.6. The number of carbonyl (C=O) groups excluding carboxylic acids is 3. The van der Waals surface area contributed by atoms with Gasteiger partial charge >= 0.3 is 0 Å². The Morgan fingerprint density at radius 3 is 2.04 bits per heavy atom. The highest BCUT2D eigenvalue weighted by Crippen LogP contribution is 2.26. The van der Waals surface area contributed by atoms with Gasteiger partial charge in [0.2, 0.25) is 17.7 Å². The van der Waals surface area contributed by atoms with Gasteiger partial charge in [0.15, 0.2) is 0 Å². The second kappa shape index (κ2) is 10.2. The molecule has 3 N–H and O–H groups in total. The van der Waals surface area contributed by atoms with Crippen LogP contribution in [0.2, 0.25) is 0 Å². The van der Waals surface area contributed by atoms with Crippen molar-refractivity contribution in [1.82, 2.24) is 16.0 Å². The van der Waals surface area contributed by atoms with Gasteiger partial charge in [-0.3, -0.25) is 14.4 Å². The number of hydrogen-bond acceptors (Lipinski definition) is 3. The summed E-state index contributed by atoms with van der Waals surface area (Å²) in [5, 5.41) is 8.20. The number of carbonyl (C=O) groups is 3. The Hall–Kier alpha value is -1.59. The van der Waals surface area contributed by atoms with Gasteiger partial charge in [0.1, 0.15) is 6.04 Å². The van der Waals surface area contributed by atoms with Crippen molar-refractivity contribution in [2.75, 3.05) is 13.1 Å². The Labute approximate surface area is 139 Å². The largest absolute Gasteiger partial charge is 0.354 e. The van der Waals surface area contributed by atoms with E-state index in [1.165, 1.54) is 19.3 Å². The highest BCUT2D eigenvalue weighted by atomic mass is 16.2. The SMILES string of the molecule is CC(C)C(=O)NCCNC(=O)[C@H](C)NC(=O)CC1CCCCC1. The van der Waals surface area contributed by atoms with Gasteiger partial charge < -0.3 is 16.0 Å². The van der Waals surface area contributed by atoms with E-state index in [1.807, 2.05) is 13.8 Å². The van der Waals surface area contributed by atoms with Crippen LogP contribution in [0.3, 0.4) is 0 Å². The number of rotatable bonds is 8. The van der Waals surface area contributed by atoms with Crippen LogP contribution < -0.4 is 16.0 Å². The smallest absolute Gasteiger partial charge is 0.242 e. The third-order valence-electron chi connectivity index (χ3n) is 4.22. The summed E-state index contributed by atoms with van der Waals surface area (Å²) in [6.07, 6.45) is 6.42. The first-order chi connectivity index (χ1) is 10.9. The predicted molar refractivity (Wildman–Crippen MR) is 89.7 cm³/mol. The molecule has 0 aromatic rings. The van der Waals surface area contributed by atoms with Crippen LogP contribution in [0, 0.1) is 11.8 Å². The van der Waals surface area contributed by atoms with Crippen LogP contribution in [0.25, 0.3) is 0 Å². The third kappa shape index (κ3) is 8.00. The van der Waals surface area contributed by atoms with Crippen molar-refractivity contribution in [3.63, 3.8) is 0 Å². The lowest BCUT2D eigenvalue weighted by Gasteiger charge is -2.22. The molecule has 6 heteroatoms. The molecule has 1 saturated carbocycles. The van der Waals surface area contributed by atoms with Crippen molar-refractivity contribution < 1.29 is 14.4 Å². The van der Waals surface area contributed by atoms with Crippen LogP contribution in [0.5, 0.6) is 0 Å². The van der Waals surface area contributed by atoms with E-state index in [1.54, 1.807) is 6.92 Å². The Morgan fingerprint density at radius 1 is 0.913 bits per heavy atom. The van der Waals surface area contributed by atoms with Gasteiger partial charge in [-0.05, 0) is 25.7 Å². The molecule has 1 rings (SSSR count). The second-order valence-electron chi connectivity index (χ2n) is 6.73. The summed E-state index contributed by atoms with van der Waals surface area (Å²) >= 11 is 0. The maximum atomic E-state index is 12.0. The molecule has 1 aliphatic rings. The first-order valence-electron chi connectivity index (χ1n) is 8.75. The van der Waals surface area contributed by atoms with Gasteiger partial charge in [0.25, 0.3) is 0 Å². The van der Waals surface area contributed by atoms with Crippen LogP contribution in [-0.2, 0) is 14.4 Å². The Morgan fingerprint density at radius 2 is 1.48 bits per heavy atom. The van der Waals surface area contributed by atoms with Crippen molar-refractivity contribution in [3.05, 3.63) is 0 Å². The maximum absolute atomic E-state index is 12.0. The fraction of sp³-hybridized carbons (Fsp3) is 0.824. The molecular formula is C17H31N3O3. The maximum Gasteiger partial charge on any atom is 0.242 e. The molecular weight excluding hydrogens is 294 g/mol. The fourth-order valence-electron chi connectivity index (χ4n) is 2.75. The van der Waals surface area contributed by atoms with E-state index in [2.05, 4.69) is 16.0 Å². The Kier molecular flexibility index (Phi) is 8.66. The molecule has 0 aromatic carbocycles. The van der Waals surface area contributed by atoms with E-state index in [0.29, 0.717) is 25.4 Å². The molecule has 0 bridgehead atoms. The topological polar surface area (TPSA) is 87.3 Å². The molecule has 0 spiro atoms. The van der Waals surface area contributed by atoms with E-state index in [9.17, 15) is 14.4 Å². The summed E-state index contributed by atoms with van der Waals surface area (Å²) < 4.78 is 0. The first kappa shape index (κ1) is 19.5.